The third-order valence-electron chi connectivity index (χ3n) is 2.76. The van der Waals surface area contributed by atoms with Crippen molar-refractivity contribution in [1.82, 2.24) is 19.6 Å². The van der Waals surface area contributed by atoms with Crippen molar-refractivity contribution in [3.63, 3.8) is 0 Å². The fraction of sp³-hybridized carbons (Fsp3) is 0.455. The summed E-state index contributed by atoms with van der Waals surface area (Å²) in [4.78, 5) is 0.151. The highest BCUT2D eigenvalue weighted by molar-refractivity contribution is 7.92. The van der Waals surface area contributed by atoms with E-state index in [4.69, 9.17) is 0 Å². The van der Waals surface area contributed by atoms with Gasteiger partial charge in [0, 0.05) is 25.5 Å². The van der Waals surface area contributed by atoms with Crippen LogP contribution >= 0.6 is 0 Å². The smallest absolute Gasteiger partial charge is 0.265 e. The van der Waals surface area contributed by atoms with E-state index < -0.39 is 10.0 Å². The predicted octanol–water partition coefficient (Wildman–Crippen LogP) is 1.23. The zero-order valence-corrected chi connectivity index (χ0v) is 12.0. The summed E-state index contributed by atoms with van der Waals surface area (Å²) in [6.45, 7) is 6.92. The molecule has 0 spiro atoms. The van der Waals surface area contributed by atoms with Gasteiger partial charge >= 0.3 is 0 Å². The predicted molar refractivity (Wildman–Crippen MR) is 71.3 cm³/mol. The fourth-order valence-corrected chi connectivity index (χ4v) is 2.69. The maximum atomic E-state index is 12.2. The van der Waals surface area contributed by atoms with Gasteiger partial charge in [0.2, 0.25) is 0 Å². The SMILES string of the molecule is CCn1cc(S(=O)(=O)Nc2cn(CC)nc2C)cn1. The average molecular weight is 283 g/mol. The van der Waals surface area contributed by atoms with Gasteiger partial charge in [-0.05, 0) is 20.8 Å². The van der Waals surface area contributed by atoms with Crippen LogP contribution in [0.4, 0.5) is 5.69 Å². The van der Waals surface area contributed by atoms with Crippen molar-refractivity contribution in [2.45, 2.75) is 38.8 Å². The first-order chi connectivity index (χ1) is 8.96. The molecule has 0 bridgehead atoms. The maximum absolute atomic E-state index is 12.2. The lowest BCUT2D eigenvalue weighted by atomic mass is 10.4. The third kappa shape index (κ3) is 2.78. The molecule has 2 aromatic rings. The Bertz CT molecular complexity index is 671. The maximum Gasteiger partial charge on any atom is 0.265 e. The summed E-state index contributed by atoms with van der Waals surface area (Å²) < 4.78 is 30.1. The molecule has 8 heteroatoms. The molecule has 2 heterocycles. The Morgan fingerprint density at radius 2 is 1.89 bits per heavy atom. The molecule has 0 radical (unpaired) electrons. The highest BCUT2D eigenvalue weighted by Crippen LogP contribution is 2.18. The molecule has 2 rings (SSSR count). The van der Waals surface area contributed by atoms with Crippen LogP contribution in [0.15, 0.2) is 23.5 Å². The lowest BCUT2D eigenvalue weighted by Gasteiger charge is -2.03. The van der Waals surface area contributed by atoms with E-state index in [-0.39, 0.29) is 4.90 Å². The molecule has 0 atom stereocenters. The van der Waals surface area contributed by atoms with Gasteiger partial charge in [0.05, 0.1) is 17.6 Å². The molecule has 19 heavy (non-hydrogen) atoms. The van der Waals surface area contributed by atoms with Crippen LogP contribution in [0.3, 0.4) is 0 Å². The van der Waals surface area contributed by atoms with E-state index in [9.17, 15) is 8.42 Å². The summed E-state index contributed by atoms with van der Waals surface area (Å²) in [5.74, 6) is 0. The van der Waals surface area contributed by atoms with E-state index in [0.717, 1.165) is 0 Å². The normalized spacial score (nSPS) is 11.7. The van der Waals surface area contributed by atoms with E-state index in [1.54, 1.807) is 22.5 Å². The van der Waals surface area contributed by atoms with Gasteiger partial charge in [0.1, 0.15) is 4.90 Å². The molecule has 0 aliphatic heterocycles. The number of hydrogen-bond acceptors (Lipinski definition) is 4. The van der Waals surface area contributed by atoms with Crippen molar-refractivity contribution >= 4 is 15.7 Å². The van der Waals surface area contributed by atoms with Crippen LogP contribution in [0.1, 0.15) is 19.5 Å². The van der Waals surface area contributed by atoms with Gasteiger partial charge in [0.25, 0.3) is 10.0 Å². The molecule has 7 nitrogen and oxygen atoms in total. The van der Waals surface area contributed by atoms with E-state index in [1.165, 1.54) is 12.4 Å². The van der Waals surface area contributed by atoms with Gasteiger partial charge in [-0.2, -0.15) is 10.2 Å². The van der Waals surface area contributed by atoms with Crippen molar-refractivity contribution in [3.05, 3.63) is 24.3 Å². The molecule has 0 unspecified atom stereocenters. The first-order valence-corrected chi connectivity index (χ1v) is 7.54. The van der Waals surface area contributed by atoms with Crippen LogP contribution in [0.2, 0.25) is 0 Å². The summed E-state index contributed by atoms with van der Waals surface area (Å²) >= 11 is 0. The second-order valence-corrected chi connectivity index (χ2v) is 5.80. The minimum Gasteiger partial charge on any atom is -0.276 e. The van der Waals surface area contributed by atoms with Crippen LogP contribution in [-0.4, -0.2) is 28.0 Å². The Labute approximate surface area is 112 Å². The number of anilines is 1. The van der Waals surface area contributed by atoms with Crippen molar-refractivity contribution in [2.24, 2.45) is 0 Å². The monoisotopic (exact) mass is 283 g/mol. The van der Waals surface area contributed by atoms with E-state index in [2.05, 4.69) is 14.9 Å². The van der Waals surface area contributed by atoms with E-state index in [1.807, 2.05) is 13.8 Å². The molecule has 1 N–H and O–H groups in total. The molecule has 0 aliphatic rings. The second kappa shape index (κ2) is 5.04. The standard InChI is InChI=1S/C11H17N5O2S/c1-4-15-7-10(6-12-15)19(17,18)14-11-8-16(5-2)13-9(11)3/h6-8,14H,4-5H2,1-3H3. The van der Waals surface area contributed by atoms with Crippen molar-refractivity contribution in [1.29, 1.82) is 0 Å². The van der Waals surface area contributed by atoms with Crippen molar-refractivity contribution < 1.29 is 8.42 Å². The minimum absolute atomic E-state index is 0.151. The molecule has 0 saturated heterocycles. The Hall–Kier alpha value is -1.83. The molecular weight excluding hydrogens is 266 g/mol. The van der Waals surface area contributed by atoms with Crippen LogP contribution in [0.25, 0.3) is 0 Å². The highest BCUT2D eigenvalue weighted by Gasteiger charge is 2.18. The molecule has 2 aromatic heterocycles. The third-order valence-corrected chi connectivity index (χ3v) is 4.08. The molecule has 0 saturated carbocycles. The highest BCUT2D eigenvalue weighted by atomic mass is 32.2. The summed E-state index contributed by atoms with van der Waals surface area (Å²) in [5.41, 5.74) is 1.14. The summed E-state index contributed by atoms with van der Waals surface area (Å²) in [6, 6.07) is 0. The number of aromatic nitrogens is 4. The minimum atomic E-state index is -3.61. The zero-order chi connectivity index (χ0) is 14.0. The van der Waals surface area contributed by atoms with Gasteiger partial charge < -0.3 is 0 Å². The Morgan fingerprint density at radius 1 is 1.21 bits per heavy atom. The van der Waals surface area contributed by atoms with Crippen LogP contribution < -0.4 is 4.72 Å². The molecule has 0 amide bonds. The van der Waals surface area contributed by atoms with E-state index in [0.29, 0.717) is 24.5 Å². The average Bonchev–Trinajstić information content (AvgIpc) is 2.97. The second-order valence-electron chi connectivity index (χ2n) is 4.12. The fourth-order valence-electron chi connectivity index (χ4n) is 1.64. The van der Waals surface area contributed by atoms with Crippen LogP contribution in [0, 0.1) is 6.92 Å². The molecular formula is C11H17N5O2S. The summed E-state index contributed by atoms with van der Waals surface area (Å²) in [5, 5.41) is 8.16. The number of rotatable bonds is 5. The number of aryl methyl sites for hydroxylation is 3. The summed E-state index contributed by atoms with van der Waals surface area (Å²) in [7, 11) is -3.61. The Kier molecular flexibility index (Phi) is 3.61. The first kappa shape index (κ1) is 13.6. The Morgan fingerprint density at radius 3 is 2.42 bits per heavy atom. The zero-order valence-electron chi connectivity index (χ0n) is 11.2. The van der Waals surface area contributed by atoms with Crippen LogP contribution in [0.5, 0.6) is 0 Å². The molecule has 0 fully saturated rings. The number of sulfonamides is 1. The van der Waals surface area contributed by atoms with Crippen molar-refractivity contribution in [3.8, 4) is 0 Å². The van der Waals surface area contributed by atoms with Crippen molar-refractivity contribution in [2.75, 3.05) is 4.72 Å². The lowest BCUT2D eigenvalue weighted by Crippen LogP contribution is -2.12. The van der Waals surface area contributed by atoms with Gasteiger partial charge in [-0.3, -0.25) is 14.1 Å². The summed E-state index contributed by atoms with van der Waals surface area (Å²) in [6.07, 6.45) is 4.52. The largest absolute Gasteiger partial charge is 0.276 e. The lowest BCUT2D eigenvalue weighted by molar-refractivity contribution is 0.600. The quantitative estimate of drug-likeness (QED) is 0.894. The van der Waals surface area contributed by atoms with Crippen LogP contribution in [-0.2, 0) is 23.1 Å². The van der Waals surface area contributed by atoms with Gasteiger partial charge in [0.15, 0.2) is 0 Å². The number of nitrogens with one attached hydrogen (secondary N) is 1. The molecule has 104 valence electrons. The Balaban J connectivity index is 2.27. The molecule has 0 aliphatic carbocycles. The van der Waals surface area contributed by atoms with Gasteiger partial charge in [-0.1, -0.05) is 0 Å². The van der Waals surface area contributed by atoms with E-state index >= 15 is 0 Å². The first-order valence-electron chi connectivity index (χ1n) is 6.05. The number of nitrogens with zero attached hydrogens (tertiary/aromatic N) is 4. The number of hydrogen-bond donors (Lipinski definition) is 1. The topological polar surface area (TPSA) is 81.8 Å². The molecule has 0 aromatic carbocycles. The van der Waals surface area contributed by atoms with Gasteiger partial charge in [-0.25, -0.2) is 8.42 Å². The van der Waals surface area contributed by atoms with Gasteiger partial charge in [-0.15, -0.1) is 0 Å².